The lowest BCUT2D eigenvalue weighted by molar-refractivity contribution is -0.232. The van der Waals surface area contributed by atoms with E-state index in [2.05, 4.69) is 20.1 Å². The van der Waals surface area contributed by atoms with Gasteiger partial charge in [-0.1, -0.05) is 10.2 Å². The Labute approximate surface area is 245 Å². The number of fused-ring (bicyclic) bond motifs is 4. The first kappa shape index (κ1) is 31.1. The van der Waals surface area contributed by atoms with E-state index in [1.165, 1.54) is 4.90 Å². The van der Waals surface area contributed by atoms with E-state index < -0.39 is 104 Å². The molecular weight excluding hydrogens is 578 g/mol. The zero-order valence-electron chi connectivity index (χ0n) is 24.0. The van der Waals surface area contributed by atoms with Crippen LogP contribution in [0.2, 0.25) is 0 Å². The van der Waals surface area contributed by atoms with Crippen molar-refractivity contribution in [2.24, 2.45) is 10.2 Å². The molecule has 0 spiro atoms. The van der Waals surface area contributed by atoms with Crippen LogP contribution >= 0.6 is 0 Å². The summed E-state index contributed by atoms with van der Waals surface area (Å²) in [5.41, 5.74) is 18.4. The number of ether oxygens (including phenoxy) is 8. The fraction of sp³-hybridized carbons (Fsp3) is 1.00. The summed E-state index contributed by atoms with van der Waals surface area (Å²) in [5.74, 6) is -1.99. The lowest BCUT2D eigenvalue weighted by atomic mass is 9.93. The van der Waals surface area contributed by atoms with Crippen molar-refractivity contribution >= 4 is 0 Å². The van der Waals surface area contributed by atoms with Crippen LogP contribution in [0.25, 0.3) is 20.9 Å². The van der Waals surface area contributed by atoms with Gasteiger partial charge in [-0.05, 0) is 38.8 Å². The minimum atomic E-state index is -1.38. The van der Waals surface area contributed by atoms with Gasteiger partial charge in [0.1, 0.15) is 30.5 Å². The Hall–Kier alpha value is -1.90. The molecule has 6 aliphatic heterocycles. The maximum atomic E-state index is 11.4. The van der Waals surface area contributed by atoms with Crippen molar-refractivity contribution in [1.29, 1.82) is 0 Å². The summed E-state index contributed by atoms with van der Waals surface area (Å²) in [4.78, 5) is 7.26. The first-order chi connectivity index (χ1) is 20.3. The molecule has 0 unspecified atom stereocenters. The van der Waals surface area contributed by atoms with Crippen molar-refractivity contribution in [2.45, 2.75) is 131 Å². The van der Waals surface area contributed by atoms with E-state index >= 15 is 0 Å². The molecular formula is C24H37N7O12. The number of hydrogen-bond acceptors (Lipinski definition) is 15. The molecule has 6 fully saturated rings. The van der Waals surface area contributed by atoms with Crippen LogP contribution in [0.1, 0.15) is 27.7 Å². The van der Waals surface area contributed by atoms with Gasteiger partial charge in [0.05, 0.1) is 49.1 Å². The smallest absolute Gasteiger partial charge is 0.188 e. The van der Waals surface area contributed by atoms with E-state index in [0.717, 1.165) is 0 Å². The molecule has 0 radical (unpaired) electrons. The van der Waals surface area contributed by atoms with Crippen molar-refractivity contribution in [3.63, 3.8) is 0 Å². The van der Waals surface area contributed by atoms with Crippen molar-refractivity contribution in [1.82, 2.24) is 4.90 Å². The molecule has 19 heteroatoms. The predicted molar refractivity (Wildman–Crippen MR) is 137 cm³/mol. The van der Waals surface area contributed by atoms with E-state index in [9.17, 15) is 31.5 Å². The molecule has 6 aliphatic rings. The molecule has 43 heavy (non-hydrogen) atoms. The standard InChI is InChI=1S/C24H37N7O12/c1-23(2)40-18-11(27-29-25)16(38-21(18)42-23)8(32)5-31(13-14(34)10-7-36-20(37-10)15(13)35)6-9(33)17-12(28-30-26)19-22(39-17)43-24(3,4)41-19/h8-22,32-35H,5-7H2,1-4H3/t8-,9-,10+,11-,12-,13+,14+,15-,16+,17+,18+,19+,20+,21+,22+/m0/s1. The SMILES string of the molecule is CC1(C)O[C@H]2O[C@H]([C@@H](O)CN(C[C@H](O)[C@H]3O[C@@H]4OC(C)(C)O[C@@H]4[C@H]3N=[N+]=[N-])[C@H]3[C@H](O)[C@@H]4OC[C@@H](O4)[C@H]3O)[C@H](N=[N+]=[N-])[C@H]2O1. The van der Waals surface area contributed by atoms with Gasteiger partial charge in [0.25, 0.3) is 0 Å². The molecule has 0 aliphatic carbocycles. The number of aliphatic hydroxyl groups is 4. The van der Waals surface area contributed by atoms with Crippen LogP contribution in [-0.4, -0.2) is 149 Å². The highest BCUT2D eigenvalue weighted by molar-refractivity contribution is 5.06. The van der Waals surface area contributed by atoms with Crippen LogP contribution < -0.4 is 0 Å². The Morgan fingerprint density at radius 2 is 1.26 bits per heavy atom. The van der Waals surface area contributed by atoms with Crippen LogP contribution in [-0.2, 0) is 37.9 Å². The topological polar surface area (TPSA) is 256 Å². The van der Waals surface area contributed by atoms with Crippen LogP contribution in [0.5, 0.6) is 0 Å². The van der Waals surface area contributed by atoms with Crippen LogP contribution in [0.15, 0.2) is 10.2 Å². The molecule has 0 aromatic carbocycles. The second-order valence-corrected chi connectivity index (χ2v) is 12.5. The number of hydrogen-bond donors (Lipinski definition) is 4. The average molecular weight is 616 g/mol. The zero-order valence-corrected chi connectivity index (χ0v) is 24.0. The number of azide groups is 2. The Bertz CT molecular complexity index is 1070. The summed E-state index contributed by atoms with van der Waals surface area (Å²) in [6, 6.07) is -3.01. The fourth-order valence-corrected chi connectivity index (χ4v) is 6.87. The summed E-state index contributed by atoms with van der Waals surface area (Å²) >= 11 is 0. The van der Waals surface area contributed by atoms with Crippen LogP contribution in [0.3, 0.4) is 0 Å². The normalized spacial score (nSPS) is 47.0. The first-order valence-corrected chi connectivity index (χ1v) is 14.2. The Morgan fingerprint density at radius 3 is 1.72 bits per heavy atom. The maximum absolute atomic E-state index is 11.4. The average Bonchev–Trinajstić information content (AvgIpc) is 3.70. The van der Waals surface area contributed by atoms with Gasteiger partial charge in [0, 0.05) is 22.9 Å². The van der Waals surface area contributed by atoms with E-state index in [4.69, 9.17) is 37.9 Å². The Morgan fingerprint density at radius 1 is 0.767 bits per heavy atom. The second-order valence-electron chi connectivity index (χ2n) is 12.5. The monoisotopic (exact) mass is 615 g/mol. The van der Waals surface area contributed by atoms with Gasteiger partial charge in [-0.15, -0.1) is 0 Å². The Balaban J connectivity index is 1.24. The van der Waals surface area contributed by atoms with E-state index in [0.29, 0.717) is 0 Å². The number of aliphatic hydroxyl groups excluding tert-OH is 4. The van der Waals surface area contributed by atoms with Crippen LogP contribution in [0.4, 0.5) is 0 Å². The molecule has 4 N–H and O–H groups in total. The molecule has 19 nitrogen and oxygen atoms in total. The van der Waals surface area contributed by atoms with Gasteiger partial charge in [0.15, 0.2) is 30.4 Å². The van der Waals surface area contributed by atoms with Gasteiger partial charge in [-0.2, -0.15) is 0 Å². The highest BCUT2D eigenvalue weighted by atomic mass is 16.8. The highest BCUT2D eigenvalue weighted by Gasteiger charge is 2.59. The molecule has 6 rings (SSSR count). The quantitative estimate of drug-likeness (QED) is 0.138. The molecule has 0 saturated carbocycles. The van der Waals surface area contributed by atoms with E-state index in [1.54, 1.807) is 27.7 Å². The van der Waals surface area contributed by atoms with Crippen molar-refractivity contribution < 1.29 is 58.3 Å². The molecule has 15 atom stereocenters. The third-order valence-electron chi connectivity index (χ3n) is 8.59. The van der Waals surface area contributed by atoms with Crippen molar-refractivity contribution in [3.8, 4) is 0 Å². The molecule has 0 aromatic heterocycles. The van der Waals surface area contributed by atoms with Crippen LogP contribution in [0, 0.1) is 0 Å². The van der Waals surface area contributed by atoms with Gasteiger partial charge in [-0.3, -0.25) is 4.90 Å². The van der Waals surface area contributed by atoms with E-state index in [1.807, 2.05) is 0 Å². The van der Waals surface area contributed by atoms with Gasteiger partial charge in [0.2, 0.25) is 0 Å². The Kier molecular flexibility index (Phi) is 8.30. The van der Waals surface area contributed by atoms with Crippen molar-refractivity contribution in [3.05, 3.63) is 20.9 Å². The molecule has 0 aromatic rings. The third kappa shape index (κ3) is 5.69. The summed E-state index contributed by atoms with van der Waals surface area (Å²) in [5, 5.41) is 52.8. The van der Waals surface area contributed by atoms with Gasteiger partial charge >= 0.3 is 0 Å². The first-order valence-electron chi connectivity index (χ1n) is 14.2. The van der Waals surface area contributed by atoms with Crippen molar-refractivity contribution in [2.75, 3.05) is 19.7 Å². The molecule has 6 saturated heterocycles. The van der Waals surface area contributed by atoms with Gasteiger partial charge in [-0.25, -0.2) is 0 Å². The molecule has 0 amide bonds. The minimum Gasteiger partial charge on any atom is -0.389 e. The number of rotatable bonds is 9. The molecule has 6 heterocycles. The second kappa shape index (κ2) is 11.5. The van der Waals surface area contributed by atoms with Gasteiger partial charge < -0.3 is 58.3 Å². The molecule has 2 bridgehead atoms. The highest BCUT2D eigenvalue weighted by Crippen LogP contribution is 2.42. The minimum absolute atomic E-state index is 0.0371. The van der Waals surface area contributed by atoms with E-state index in [-0.39, 0.29) is 19.7 Å². The summed E-state index contributed by atoms with van der Waals surface area (Å²) in [6.45, 7) is 6.19. The largest absolute Gasteiger partial charge is 0.389 e. The lowest BCUT2D eigenvalue weighted by Crippen LogP contribution is -2.64. The summed E-state index contributed by atoms with van der Waals surface area (Å²) < 4.78 is 46.1. The summed E-state index contributed by atoms with van der Waals surface area (Å²) in [6.07, 6.45) is -12.8. The fourth-order valence-electron chi connectivity index (χ4n) is 6.87. The lowest BCUT2D eigenvalue weighted by Gasteiger charge is -2.44. The summed E-state index contributed by atoms with van der Waals surface area (Å²) in [7, 11) is 0. The zero-order chi connectivity index (χ0) is 30.8. The molecule has 240 valence electrons. The maximum Gasteiger partial charge on any atom is 0.188 e. The third-order valence-corrected chi connectivity index (χ3v) is 8.59. The number of nitrogens with zero attached hydrogens (tertiary/aromatic N) is 7. The predicted octanol–water partition coefficient (Wildman–Crippen LogP) is -1.03.